The molecule has 0 amide bonds. The highest BCUT2D eigenvalue weighted by Gasteiger charge is 2.21. The third kappa shape index (κ3) is 4.76. The van der Waals surface area contributed by atoms with Gasteiger partial charge in [0.15, 0.2) is 0 Å². The Labute approximate surface area is 62.0 Å². The molecule has 0 saturated heterocycles. The van der Waals surface area contributed by atoms with Crippen molar-refractivity contribution in [2.45, 2.75) is 13.8 Å². The number of hydrogen-bond acceptors (Lipinski definition) is 3. The second-order valence-electron chi connectivity index (χ2n) is 3.39. The molecule has 0 aromatic rings. The van der Waals surface area contributed by atoms with E-state index in [2.05, 4.69) is 0 Å². The van der Waals surface area contributed by atoms with Crippen LogP contribution in [0.5, 0.6) is 0 Å². The third-order valence-corrected chi connectivity index (χ3v) is 2.39. The van der Waals surface area contributed by atoms with Crippen molar-refractivity contribution in [3.8, 4) is 0 Å². The Hall–Kier alpha value is -0.0900. The molecule has 0 aromatic carbocycles. The molecule has 4 heteroatoms. The van der Waals surface area contributed by atoms with Crippen molar-refractivity contribution < 1.29 is 13.5 Å². The zero-order valence-corrected chi connectivity index (χ0v) is 7.40. The van der Waals surface area contributed by atoms with Crippen LogP contribution in [0.2, 0.25) is 0 Å². The Balaban J connectivity index is 4.16. The van der Waals surface area contributed by atoms with E-state index in [9.17, 15) is 8.42 Å². The van der Waals surface area contributed by atoms with Gasteiger partial charge in [-0.25, -0.2) is 8.42 Å². The standard InChI is InChI=1S/C6H14O3S/c1-6(2,4-7)5-10(3,8)9/h7H,4-5H2,1-3H3. The molecule has 0 radical (unpaired) electrons. The van der Waals surface area contributed by atoms with Crippen molar-refractivity contribution in [1.82, 2.24) is 0 Å². The third-order valence-electron chi connectivity index (χ3n) is 1.08. The Bertz CT molecular complexity index is 191. The van der Waals surface area contributed by atoms with Gasteiger partial charge in [0.1, 0.15) is 9.84 Å². The summed E-state index contributed by atoms with van der Waals surface area (Å²) in [6.45, 7) is 3.34. The molecule has 62 valence electrons. The molecule has 3 nitrogen and oxygen atoms in total. The van der Waals surface area contributed by atoms with Gasteiger partial charge in [-0.1, -0.05) is 13.8 Å². The first-order valence-corrected chi connectivity index (χ1v) is 5.11. The maximum atomic E-state index is 10.7. The highest BCUT2D eigenvalue weighted by Crippen LogP contribution is 2.15. The van der Waals surface area contributed by atoms with E-state index in [-0.39, 0.29) is 12.4 Å². The van der Waals surface area contributed by atoms with Gasteiger partial charge in [-0.05, 0) is 0 Å². The van der Waals surface area contributed by atoms with Gasteiger partial charge < -0.3 is 5.11 Å². The zero-order chi connectivity index (χ0) is 8.41. The van der Waals surface area contributed by atoms with Crippen LogP contribution in [0, 0.1) is 5.41 Å². The van der Waals surface area contributed by atoms with Crippen LogP contribution >= 0.6 is 0 Å². The van der Waals surface area contributed by atoms with Crippen LogP contribution in [0.25, 0.3) is 0 Å². The monoisotopic (exact) mass is 166 g/mol. The summed E-state index contributed by atoms with van der Waals surface area (Å²) >= 11 is 0. The molecule has 1 N–H and O–H groups in total. The van der Waals surface area contributed by atoms with E-state index < -0.39 is 15.3 Å². The van der Waals surface area contributed by atoms with Gasteiger partial charge in [-0.3, -0.25) is 0 Å². The molecule has 0 bridgehead atoms. The largest absolute Gasteiger partial charge is 0.396 e. The SMILES string of the molecule is CC(C)(CO)CS(C)(=O)=O. The van der Waals surface area contributed by atoms with Crippen LogP contribution in [0.1, 0.15) is 13.8 Å². The van der Waals surface area contributed by atoms with Crippen molar-refractivity contribution >= 4 is 9.84 Å². The molecule has 10 heavy (non-hydrogen) atoms. The first-order chi connectivity index (χ1) is 4.27. The van der Waals surface area contributed by atoms with Gasteiger partial charge in [0, 0.05) is 18.3 Å². The molecule has 0 aliphatic carbocycles. The fourth-order valence-corrected chi connectivity index (χ4v) is 2.27. The van der Waals surface area contributed by atoms with Gasteiger partial charge >= 0.3 is 0 Å². The lowest BCUT2D eigenvalue weighted by Gasteiger charge is -2.19. The lowest BCUT2D eigenvalue weighted by Crippen LogP contribution is -2.26. The molecule has 0 spiro atoms. The Morgan fingerprint density at radius 3 is 1.90 bits per heavy atom. The Morgan fingerprint density at radius 2 is 1.80 bits per heavy atom. The van der Waals surface area contributed by atoms with E-state index >= 15 is 0 Å². The van der Waals surface area contributed by atoms with E-state index in [1.807, 2.05) is 0 Å². The minimum Gasteiger partial charge on any atom is -0.396 e. The molecule has 0 fully saturated rings. The molecule has 0 unspecified atom stereocenters. The van der Waals surface area contributed by atoms with Crippen LogP contribution in [0.3, 0.4) is 0 Å². The normalized spacial score (nSPS) is 13.6. The van der Waals surface area contributed by atoms with Crippen molar-refractivity contribution in [3.63, 3.8) is 0 Å². The summed E-state index contributed by atoms with van der Waals surface area (Å²) in [7, 11) is -2.95. The van der Waals surface area contributed by atoms with E-state index in [4.69, 9.17) is 5.11 Å². The fourth-order valence-electron chi connectivity index (χ4n) is 0.755. The molecular formula is C6H14O3S. The van der Waals surface area contributed by atoms with E-state index in [1.165, 1.54) is 6.26 Å². The summed E-state index contributed by atoms with van der Waals surface area (Å²) in [6, 6.07) is 0. The van der Waals surface area contributed by atoms with E-state index in [0.29, 0.717) is 0 Å². The Kier molecular flexibility index (Phi) is 2.86. The summed E-state index contributed by atoms with van der Waals surface area (Å²) < 4.78 is 21.4. The van der Waals surface area contributed by atoms with Gasteiger partial charge in [-0.15, -0.1) is 0 Å². The van der Waals surface area contributed by atoms with E-state index in [0.717, 1.165) is 0 Å². The molecule has 0 aromatic heterocycles. The highest BCUT2D eigenvalue weighted by atomic mass is 32.2. The lowest BCUT2D eigenvalue weighted by atomic mass is 9.98. The average Bonchev–Trinajstić information content (AvgIpc) is 1.60. The number of aliphatic hydroxyl groups is 1. The Morgan fingerprint density at radius 1 is 1.40 bits per heavy atom. The predicted octanol–water partition coefficient (Wildman–Crippen LogP) is 0.0495. The number of aliphatic hydroxyl groups excluding tert-OH is 1. The van der Waals surface area contributed by atoms with Crippen molar-refractivity contribution in [3.05, 3.63) is 0 Å². The van der Waals surface area contributed by atoms with Crippen LogP contribution in [0.4, 0.5) is 0 Å². The first kappa shape index (κ1) is 9.91. The summed E-state index contributed by atoms with van der Waals surface area (Å²) in [4.78, 5) is 0. The highest BCUT2D eigenvalue weighted by molar-refractivity contribution is 7.90. The summed E-state index contributed by atoms with van der Waals surface area (Å²) in [5, 5.41) is 8.69. The molecule has 0 aliphatic heterocycles. The van der Waals surface area contributed by atoms with E-state index in [1.54, 1.807) is 13.8 Å². The first-order valence-electron chi connectivity index (χ1n) is 3.05. The molecule has 0 aliphatic rings. The van der Waals surface area contributed by atoms with Gasteiger partial charge in [-0.2, -0.15) is 0 Å². The number of sulfone groups is 1. The van der Waals surface area contributed by atoms with Gasteiger partial charge in [0.05, 0.1) is 5.75 Å². The van der Waals surface area contributed by atoms with Crippen LogP contribution in [-0.4, -0.2) is 32.1 Å². The number of rotatable bonds is 3. The second-order valence-corrected chi connectivity index (χ2v) is 5.53. The zero-order valence-electron chi connectivity index (χ0n) is 6.59. The topological polar surface area (TPSA) is 54.4 Å². The van der Waals surface area contributed by atoms with Crippen molar-refractivity contribution in [1.29, 1.82) is 0 Å². The summed E-state index contributed by atoms with van der Waals surface area (Å²) in [6.07, 6.45) is 1.17. The van der Waals surface area contributed by atoms with Crippen molar-refractivity contribution in [2.24, 2.45) is 5.41 Å². The van der Waals surface area contributed by atoms with Crippen molar-refractivity contribution in [2.75, 3.05) is 18.6 Å². The van der Waals surface area contributed by atoms with Gasteiger partial charge in [0.2, 0.25) is 0 Å². The molecular weight excluding hydrogens is 152 g/mol. The molecule has 0 saturated carbocycles. The summed E-state index contributed by atoms with van der Waals surface area (Å²) in [5.41, 5.74) is -0.506. The fraction of sp³-hybridized carbons (Fsp3) is 1.00. The maximum absolute atomic E-state index is 10.7. The maximum Gasteiger partial charge on any atom is 0.148 e. The lowest BCUT2D eigenvalue weighted by molar-refractivity contribution is 0.179. The smallest absolute Gasteiger partial charge is 0.148 e. The minimum atomic E-state index is -2.95. The molecule has 0 atom stereocenters. The van der Waals surface area contributed by atoms with Crippen LogP contribution in [-0.2, 0) is 9.84 Å². The molecule has 0 rings (SSSR count). The quantitative estimate of drug-likeness (QED) is 0.644. The predicted molar refractivity (Wildman–Crippen MR) is 40.6 cm³/mol. The van der Waals surface area contributed by atoms with Crippen LogP contribution in [0.15, 0.2) is 0 Å². The summed E-state index contributed by atoms with van der Waals surface area (Å²) in [5.74, 6) is 0.0382. The molecule has 0 heterocycles. The van der Waals surface area contributed by atoms with Crippen LogP contribution < -0.4 is 0 Å². The number of hydrogen-bond donors (Lipinski definition) is 1. The minimum absolute atomic E-state index is 0.0382. The second kappa shape index (κ2) is 2.88. The average molecular weight is 166 g/mol. The van der Waals surface area contributed by atoms with Gasteiger partial charge in [0.25, 0.3) is 0 Å².